The van der Waals surface area contributed by atoms with Crippen LogP contribution in [-0.2, 0) is 6.42 Å². The maximum atomic E-state index is 12.5. The maximum absolute atomic E-state index is 12.5. The second kappa shape index (κ2) is 9.34. The van der Waals surface area contributed by atoms with Crippen molar-refractivity contribution in [1.29, 1.82) is 0 Å². The van der Waals surface area contributed by atoms with Crippen molar-refractivity contribution in [3.8, 4) is 28.2 Å². The summed E-state index contributed by atoms with van der Waals surface area (Å²) in [7, 11) is -3.29. The van der Waals surface area contributed by atoms with E-state index in [0.717, 1.165) is 52.4 Å². The molecule has 0 saturated heterocycles. The van der Waals surface area contributed by atoms with E-state index in [-0.39, 0.29) is 5.78 Å². The predicted octanol–water partition coefficient (Wildman–Crippen LogP) is 0.666. The zero-order chi connectivity index (χ0) is 21.7. The monoisotopic (exact) mass is 430 g/mol. The van der Waals surface area contributed by atoms with Crippen LogP contribution < -0.4 is 23.4 Å². The Bertz CT molecular complexity index is 1010. The number of methoxy groups -OCH3 is 1. The number of ketones is 1. The molecule has 4 rings (SSSR count). The Balaban J connectivity index is 0.000000461. The number of Topliss-reactive ketones (excluding diaryl/α,β-unsaturated/α-hetero) is 1. The minimum absolute atomic E-state index is 0.171. The molecule has 156 valence electrons. The van der Waals surface area contributed by atoms with Gasteiger partial charge in [0.1, 0.15) is 11.3 Å². The van der Waals surface area contributed by atoms with Crippen molar-refractivity contribution < 1.29 is 42.8 Å². The topological polar surface area (TPSA) is 130 Å². The van der Waals surface area contributed by atoms with Gasteiger partial charge in [0, 0.05) is 12.0 Å². The first-order valence-corrected chi connectivity index (χ1v) is 10.3. The minimum Gasteiger partial charge on any atom is -0.497 e. The van der Waals surface area contributed by atoms with Gasteiger partial charge in [-0.2, -0.15) is 0 Å². The Morgan fingerprint density at radius 1 is 0.900 bits per heavy atom. The van der Waals surface area contributed by atoms with Gasteiger partial charge in [0.2, 0.25) is 0 Å². The molecule has 0 aliphatic heterocycles. The largest absolute Gasteiger partial charge is 0.497 e. The third-order valence-electron chi connectivity index (χ3n) is 4.60. The lowest BCUT2D eigenvalue weighted by atomic mass is 9.88. The van der Waals surface area contributed by atoms with Gasteiger partial charge in [-0.05, 0) is 36.2 Å². The van der Waals surface area contributed by atoms with E-state index in [1.165, 1.54) is 0 Å². The maximum Gasteiger partial charge on any atom is 0.360 e. The molecule has 2 aromatic carbocycles. The smallest absolute Gasteiger partial charge is 0.360 e. The van der Waals surface area contributed by atoms with Crippen LogP contribution in [0, 0.1) is 10.2 Å². The molecule has 1 heterocycles. The number of carbonyl (C=O) groups excluding carboxylic acids is 1. The molecule has 7 nitrogen and oxygen atoms in total. The fraction of sp³-hybridized carbons (Fsp3) is 0.182. The van der Waals surface area contributed by atoms with Crippen LogP contribution in [0.2, 0.25) is 0 Å². The Hall–Kier alpha value is -2.81. The zero-order valence-electron chi connectivity index (χ0n) is 16.1. The van der Waals surface area contributed by atoms with Crippen molar-refractivity contribution in [1.82, 2.24) is 0 Å². The summed E-state index contributed by atoms with van der Waals surface area (Å²) < 4.78 is 45.3. The van der Waals surface area contributed by atoms with E-state index < -0.39 is 10.2 Å². The summed E-state index contributed by atoms with van der Waals surface area (Å²) in [4.78, 5) is 12.5. The number of carbonyl (C=O) groups is 1. The first kappa shape index (κ1) is 21.9. The van der Waals surface area contributed by atoms with Crippen LogP contribution in [-0.4, -0.2) is 12.9 Å². The van der Waals surface area contributed by atoms with Gasteiger partial charge >= 0.3 is 11.5 Å². The normalized spacial score (nSPS) is 13.2. The molecule has 1 aromatic heterocycles. The van der Waals surface area contributed by atoms with Crippen LogP contribution in [0.4, 0.5) is 0 Å². The van der Waals surface area contributed by atoms with Crippen molar-refractivity contribution in [2.75, 3.05) is 7.11 Å². The van der Waals surface area contributed by atoms with Gasteiger partial charge in [-0.1, -0.05) is 30.3 Å². The van der Waals surface area contributed by atoms with Crippen LogP contribution >= 0.6 is 0 Å². The first-order chi connectivity index (χ1) is 14.3. The third-order valence-corrected chi connectivity index (χ3v) is 4.60. The van der Waals surface area contributed by atoms with Crippen molar-refractivity contribution in [2.45, 2.75) is 19.3 Å². The molecule has 0 spiro atoms. The summed E-state index contributed by atoms with van der Waals surface area (Å²) in [5, 5.41) is 0. The average molecular weight is 431 g/mol. The van der Waals surface area contributed by atoms with Crippen LogP contribution in [0.3, 0.4) is 0 Å². The van der Waals surface area contributed by atoms with Gasteiger partial charge in [-0.15, -0.1) is 10.2 Å². The molecule has 0 atom stereocenters. The van der Waals surface area contributed by atoms with E-state index in [1.54, 1.807) is 7.11 Å². The van der Waals surface area contributed by atoms with Crippen LogP contribution in [0.5, 0.6) is 5.75 Å². The highest BCUT2D eigenvalue weighted by atomic mass is 35.7. The molecule has 30 heavy (non-hydrogen) atoms. The molecular formula is C22H19ClO7. The summed E-state index contributed by atoms with van der Waals surface area (Å²) in [6, 6.07) is 19.8. The van der Waals surface area contributed by atoms with Gasteiger partial charge in [-0.25, -0.2) is 23.1 Å². The molecule has 0 fully saturated rings. The zero-order valence-corrected chi connectivity index (χ0v) is 16.9. The predicted molar refractivity (Wildman–Crippen MR) is 97.8 cm³/mol. The number of halogens is 1. The Morgan fingerprint density at radius 3 is 2.13 bits per heavy atom. The molecule has 0 radical (unpaired) electrons. The van der Waals surface area contributed by atoms with Gasteiger partial charge in [-0.3, -0.25) is 4.79 Å². The quantitative estimate of drug-likeness (QED) is 0.558. The van der Waals surface area contributed by atoms with E-state index in [1.807, 2.05) is 60.7 Å². The van der Waals surface area contributed by atoms with Crippen LogP contribution in [0.15, 0.2) is 65.1 Å². The van der Waals surface area contributed by atoms with E-state index in [0.29, 0.717) is 6.42 Å². The molecule has 8 heteroatoms. The first-order valence-electron chi connectivity index (χ1n) is 9.11. The number of ether oxygens (including phenoxy) is 1. The summed E-state index contributed by atoms with van der Waals surface area (Å²) in [5.41, 5.74) is 3.71. The molecule has 0 unspecified atom stereocenters. The van der Waals surface area contributed by atoms with Crippen molar-refractivity contribution in [3.05, 3.63) is 72.0 Å². The standard InChI is InChI=1S/C22H19O3.ClHO4/c1-24-17-12-10-16(11-13-17)21-14-18(15-6-3-2-4-7-15)22-19(23)8-5-9-20(22)25-21;2-1(3,4)5/h2-4,6-7,10-14H,5,8-9H2,1H3;(H,2,3,4,5)/q+1;/p-1. The molecule has 0 amide bonds. The summed E-state index contributed by atoms with van der Waals surface area (Å²) in [5.74, 6) is 2.55. The third kappa shape index (κ3) is 5.63. The van der Waals surface area contributed by atoms with Gasteiger partial charge in [0.05, 0.1) is 25.2 Å². The van der Waals surface area contributed by atoms with E-state index in [9.17, 15) is 4.79 Å². The second-order valence-corrected chi connectivity index (χ2v) is 7.33. The number of hydrogen-bond acceptors (Lipinski definition) is 6. The fourth-order valence-electron chi connectivity index (χ4n) is 3.33. The molecule has 0 saturated carbocycles. The molecule has 3 aromatic rings. The van der Waals surface area contributed by atoms with Crippen molar-refractivity contribution >= 4 is 5.78 Å². The summed E-state index contributed by atoms with van der Waals surface area (Å²) in [6.45, 7) is 0. The SMILES string of the molecule is COc1ccc(-c2cc(-c3ccccc3)c3c([o+]2)CCCC3=O)cc1.[O-][Cl+3]([O-])([O-])[O-]. The highest BCUT2D eigenvalue weighted by Crippen LogP contribution is 2.36. The van der Waals surface area contributed by atoms with E-state index >= 15 is 0 Å². The van der Waals surface area contributed by atoms with E-state index in [4.69, 9.17) is 27.8 Å². The fourth-order valence-corrected chi connectivity index (χ4v) is 3.33. The number of hydrogen-bond donors (Lipinski definition) is 0. The highest BCUT2D eigenvalue weighted by molar-refractivity contribution is 6.04. The lowest BCUT2D eigenvalue weighted by molar-refractivity contribution is -2.00. The van der Waals surface area contributed by atoms with Gasteiger partial charge < -0.3 is 4.74 Å². The van der Waals surface area contributed by atoms with Crippen LogP contribution in [0.25, 0.3) is 22.5 Å². The van der Waals surface area contributed by atoms with Gasteiger partial charge in [0.15, 0.2) is 5.78 Å². The highest BCUT2D eigenvalue weighted by Gasteiger charge is 2.32. The number of fused-ring (bicyclic) bond motifs is 1. The average Bonchev–Trinajstić information content (AvgIpc) is 2.73. The molecule has 0 N–H and O–H groups in total. The minimum atomic E-state index is -4.94. The molecule has 0 bridgehead atoms. The Morgan fingerprint density at radius 2 is 1.53 bits per heavy atom. The second-order valence-electron chi connectivity index (χ2n) is 6.57. The van der Waals surface area contributed by atoms with E-state index in [2.05, 4.69) is 0 Å². The van der Waals surface area contributed by atoms with Crippen molar-refractivity contribution in [2.24, 2.45) is 0 Å². The number of benzene rings is 2. The lowest BCUT2D eigenvalue weighted by Gasteiger charge is -2.17. The lowest BCUT2D eigenvalue weighted by Crippen LogP contribution is -2.68. The van der Waals surface area contributed by atoms with Gasteiger partial charge in [0.25, 0.3) is 0 Å². The number of aryl methyl sites for hydroxylation is 1. The summed E-state index contributed by atoms with van der Waals surface area (Å²) in [6.07, 6.45) is 2.23. The number of rotatable bonds is 3. The molecule has 1 aliphatic carbocycles. The van der Waals surface area contributed by atoms with Crippen molar-refractivity contribution in [3.63, 3.8) is 0 Å². The Labute approximate surface area is 175 Å². The molecule has 1 aliphatic rings. The Kier molecular flexibility index (Phi) is 6.81. The summed E-state index contributed by atoms with van der Waals surface area (Å²) >= 11 is 0. The van der Waals surface area contributed by atoms with Crippen LogP contribution in [0.1, 0.15) is 29.0 Å². The molecular weight excluding hydrogens is 412 g/mol.